The first-order chi connectivity index (χ1) is 16.3. The molecule has 1 aliphatic heterocycles. The molecule has 0 saturated carbocycles. The predicted octanol–water partition coefficient (Wildman–Crippen LogP) is 5.87. The molecule has 1 atom stereocenters. The Labute approximate surface area is 207 Å². The van der Waals surface area contributed by atoms with E-state index in [0.717, 1.165) is 12.2 Å². The summed E-state index contributed by atoms with van der Waals surface area (Å²) in [5.74, 6) is -1.13. The summed E-state index contributed by atoms with van der Waals surface area (Å²) >= 11 is 12.6. The number of carboxylic acid groups (broad SMARTS) is 1. The molecule has 1 aliphatic rings. The van der Waals surface area contributed by atoms with Gasteiger partial charge in [-0.1, -0.05) is 76.9 Å². The molecule has 0 saturated heterocycles. The van der Waals surface area contributed by atoms with Crippen LogP contribution < -0.4 is 4.90 Å². The maximum absolute atomic E-state index is 12.3. The Morgan fingerprint density at radius 2 is 1.85 bits per heavy atom. The minimum absolute atomic E-state index is 0.163. The van der Waals surface area contributed by atoms with Gasteiger partial charge in [-0.05, 0) is 38.1 Å². The number of hydrogen-bond donors (Lipinski definition) is 1. The number of aliphatic carboxylic acids is 1. The fourth-order valence-corrected chi connectivity index (χ4v) is 4.61. The van der Waals surface area contributed by atoms with Gasteiger partial charge in [-0.15, -0.1) is 0 Å². The molecule has 0 spiro atoms. The molecule has 1 unspecified atom stereocenters. The van der Waals surface area contributed by atoms with Crippen LogP contribution in [-0.2, 0) is 17.9 Å². The SMILES string of the molecule is CC1=CC(c2cccc(Cl)c2Cl)C(C(=O)O)=C(C)N1c1nc(CN(C)Cc2ccccc2)no1. The van der Waals surface area contributed by atoms with Gasteiger partial charge in [-0.25, -0.2) is 4.79 Å². The van der Waals surface area contributed by atoms with Crippen molar-refractivity contribution in [3.8, 4) is 0 Å². The Kier molecular flexibility index (Phi) is 7.07. The topological polar surface area (TPSA) is 82.7 Å². The lowest BCUT2D eigenvalue weighted by Gasteiger charge is -2.31. The Morgan fingerprint density at radius 1 is 1.12 bits per heavy atom. The van der Waals surface area contributed by atoms with Crippen LogP contribution in [-0.4, -0.2) is 33.2 Å². The normalized spacial score (nSPS) is 16.2. The summed E-state index contributed by atoms with van der Waals surface area (Å²) in [7, 11) is 1.97. The minimum atomic E-state index is -1.06. The van der Waals surface area contributed by atoms with Crippen LogP contribution in [0.3, 0.4) is 0 Å². The smallest absolute Gasteiger partial charge is 0.334 e. The van der Waals surface area contributed by atoms with Crippen LogP contribution in [0.25, 0.3) is 0 Å². The summed E-state index contributed by atoms with van der Waals surface area (Å²) in [5, 5.41) is 14.9. The van der Waals surface area contributed by atoms with Crippen LogP contribution in [0.15, 0.2) is 76.1 Å². The molecule has 0 bridgehead atoms. The van der Waals surface area contributed by atoms with Gasteiger partial charge in [-0.2, -0.15) is 4.98 Å². The van der Waals surface area contributed by atoms with E-state index in [2.05, 4.69) is 27.2 Å². The molecule has 0 fully saturated rings. The minimum Gasteiger partial charge on any atom is -0.478 e. The zero-order chi connectivity index (χ0) is 24.4. The Hall–Kier alpha value is -3.13. The van der Waals surface area contributed by atoms with Crippen LogP contribution in [0.4, 0.5) is 6.01 Å². The third-order valence-electron chi connectivity index (χ3n) is 5.70. The first kappa shape index (κ1) is 24.0. The Bertz CT molecular complexity index is 1270. The van der Waals surface area contributed by atoms with Crippen LogP contribution in [0.1, 0.15) is 36.7 Å². The van der Waals surface area contributed by atoms with Crippen molar-refractivity contribution in [3.05, 3.63) is 98.6 Å². The molecule has 3 aromatic rings. The van der Waals surface area contributed by atoms with Crippen molar-refractivity contribution in [2.24, 2.45) is 0 Å². The van der Waals surface area contributed by atoms with E-state index in [1.165, 1.54) is 5.56 Å². The standard InChI is InChI=1S/C25H24Cl2N4O3/c1-15-12-19(18-10-7-11-20(26)23(18)27)22(24(32)33)16(2)31(15)25-28-21(29-34-25)14-30(3)13-17-8-5-4-6-9-17/h4-12,19H,13-14H2,1-3H3,(H,32,33). The van der Waals surface area contributed by atoms with Gasteiger partial charge in [0.05, 0.1) is 22.2 Å². The summed E-state index contributed by atoms with van der Waals surface area (Å²) in [6.07, 6.45) is 1.82. The molecule has 7 nitrogen and oxygen atoms in total. The largest absolute Gasteiger partial charge is 0.478 e. The number of aromatic nitrogens is 2. The van der Waals surface area contributed by atoms with Gasteiger partial charge in [0.2, 0.25) is 0 Å². The van der Waals surface area contributed by atoms with Gasteiger partial charge in [0.15, 0.2) is 5.82 Å². The molecule has 34 heavy (non-hydrogen) atoms. The highest BCUT2D eigenvalue weighted by Gasteiger charge is 2.34. The first-order valence-corrected chi connectivity index (χ1v) is 11.4. The number of hydrogen-bond acceptors (Lipinski definition) is 6. The fraction of sp³-hybridized carbons (Fsp3) is 0.240. The maximum Gasteiger partial charge on any atom is 0.334 e. The van der Waals surface area contributed by atoms with Crippen molar-refractivity contribution in [2.45, 2.75) is 32.9 Å². The number of benzene rings is 2. The fourth-order valence-electron chi connectivity index (χ4n) is 4.19. The average molecular weight is 499 g/mol. The average Bonchev–Trinajstić information content (AvgIpc) is 3.23. The number of halogens is 2. The van der Waals surface area contributed by atoms with E-state index in [1.807, 2.05) is 38.2 Å². The Morgan fingerprint density at radius 3 is 2.56 bits per heavy atom. The highest BCUT2D eigenvalue weighted by Crippen LogP contribution is 2.42. The zero-order valence-electron chi connectivity index (χ0n) is 19.0. The predicted molar refractivity (Wildman–Crippen MR) is 132 cm³/mol. The van der Waals surface area contributed by atoms with Gasteiger partial charge in [0.25, 0.3) is 0 Å². The number of anilines is 1. The quantitative estimate of drug-likeness (QED) is 0.435. The van der Waals surface area contributed by atoms with Crippen LogP contribution in [0, 0.1) is 0 Å². The number of carboxylic acids is 1. The van der Waals surface area contributed by atoms with Crippen molar-refractivity contribution in [2.75, 3.05) is 11.9 Å². The van der Waals surface area contributed by atoms with Crippen LogP contribution in [0.2, 0.25) is 10.0 Å². The van der Waals surface area contributed by atoms with Crippen LogP contribution in [0.5, 0.6) is 0 Å². The summed E-state index contributed by atoms with van der Waals surface area (Å²) in [4.78, 5) is 20.6. The van der Waals surface area contributed by atoms with Gasteiger partial charge >= 0.3 is 12.0 Å². The molecule has 9 heteroatoms. The van der Waals surface area contributed by atoms with Crippen LogP contribution >= 0.6 is 23.2 Å². The van der Waals surface area contributed by atoms with Gasteiger partial charge in [0, 0.05) is 23.9 Å². The molecule has 2 heterocycles. The van der Waals surface area contributed by atoms with Crippen molar-refractivity contribution in [1.29, 1.82) is 0 Å². The number of nitrogens with zero attached hydrogens (tertiary/aromatic N) is 4. The molecule has 0 radical (unpaired) electrons. The van der Waals surface area contributed by atoms with Gasteiger partial charge in [0.1, 0.15) is 0 Å². The van der Waals surface area contributed by atoms with Crippen molar-refractivity contribution in [3.63, 3.8) is 0 Å². The first-order valence-electron chi connectivity index (χ1n) is 10.7. The van der Waals surface area contributed by atoms with Crippen molar-refractivity contribution < 1.29 is 14.4 Å². The van der Waals surface area contributed by atoms with E-state index in [4.69, 9.17) is 27.7 Å². The second-order valence-corrected chi connectivity index (χ2v) is 9.00. The van der Waals surface area contributed by atoms with E-state index in [1.54, 1.807) is 30.0 Å². The molecule has 0 aliphatic carbocycles. The third-order valence-corrected chi connectivity index (χ3v) is 6.53. The van der Waals surface area contributed by atoms with E-state index >= 15 is 0 Å². The lowest BCUT2D eigenvalue weighted by Crippen LogP contribution is -2.29. The lowest BCUT2D eigenvalue weighted by atomic mass is 9.86. The second kappa shape index (κ2) is 10.0. The molecule has 1 N–H and O–H groups in total. The van der Waals surface area contributed by atoms with E-state index < -0.39 is 11.9 Å². The molecule has 176 valence electrons. The summed E-state index contributed by atoms with van der Waals surface area (Å²) in [6, 6.07) is 15.5. The number of allylic oxidation sites excluding steroid dienone is 3. The van der Waals surface area contributed by atoms with Crippen molar-refractivity contribution in [1.82, 2.24) is 15.0 Å². The molecular weight excluding hydrogens is 475 g/mol. The highest BCUT2D eigenvalue weighted by atomic mass is 35.5. The van der Waals surface area contributed by atoms with Crippen molar-refractivity contribution >= 4 is 35.2 Å². The van der Waals surface area contributed by atoms with E-state index in [-0.39, 0.29) is 11.6 Å². The zero-order valence-corrected chi connectivity index (χ0v) is 20.5. The lowest BCUT2D eigenvalue weighted by molar-refractivity contribution is -0.133. The molecule has 0 amide bonds. The van der Waals surface area contributed by atoms with Gasteiger partial charge in [-0.3, -0.25) is 9.80 Å². The molecular formula is C25H24Cl2N4O3. The summed E-state index contributed by atoms with van der Waals surface area (Å²) < 4.78 is 5.53. The second-order valence-electron chi connectivity index (χ2n) is 8.22. The third kappa shape index (κ3) is 4.87. The molecule has 4 rings (SSSR count). The molecule has 1 aromatic heterocycles. The highest BCUT2D eigenvalue weighted by molar-refractivity contribution is 6.42. The van der Waals surface area contributed by atoms with E-state index in [0.29, 0.717) is 33.7 Å². The molecule has 2 aromatic carbocycles. The van der Waals surface area contributed by atoms with E-state index in [9.17, 15) is 9.90 Å². The number of rotatable bonds is 7. The summed E-state index contributed by atoms with van der Waals surface area (Å²) in [6.45, 7) is 4.79. The Balaban J connectivity index is 1.61. The monoisotopic (exact) mass is 498 g/mol. The number of carbonyl (C=O) groups is 1. The maximum atomic E-state index is 12.3. The summed E-state index contributed by atoms with van der Waals surface area (Å²) in [5.41, 5.74) is 3.19. The van der Waals surface area contributed by atoms with Gasteiger partial charge < -0.3 is 9.63 Å².